The van der Waals surface area contributed by atoms with Gasteiger partial charge in [-0.25, -0.2) is 4.79 Å². The summed E-state index contributed by atoms with van der Waals surface area (Å²) in [6.07, 6.45) is 3.41. The quantitative estimate of drug-likeness (QED) is 0.451. The summed E-state index contributed by atoms with van der Waals surface area (Å²) < 4.78 is 15.6. The molecule has 2 saturated heterocycles. The van der Waals surface area contributed by atoms with E-state index in [9.17, 15) is 19.2 Å². The Morgan fingerprint density at radius 2 is 2.06 bits per heavy atom. The second kappa shape index (κ2) is 11.0. The number of ether oxygens (including phenoxy) is 3. The Hall–Kier alpha value is -2.85. The van der Waals surface area contributed by atoms with Crippen LogP contribution in [-0.4, -0.2) is 66.9 Å². The van der Waals surface area contributed by atoms with Crippen LogP contribution in [0.2, 0.25) is 0 Å². The molecule has 0 unspecified atom stereocenters. The van der Waals surface area contributed by atoms with E-state index in [1.54, 1.807) is 37.3 Å². The number of amides is 3. The molecule has 1 atom stereocenters. The maximum Gasteiger partial charge on any atom is 0.344 e. The van der Waals surface area contributed by atoms with Gasteiger partial charge in [0.15, 0.2) is 6.61 Å². The van der Waals surface area contributed by atoms with Crippen LogP contribution < -0.4 is 10.1 Å². The second-order valence-corrected chi connectivity index (χ2v) is 7.86. The molecule has 0 spiro atoms. The van der Waals surface area contributed by atoms with E-state index in [2.05, 4.69) is 5.32 Å². The van der Waals surface area contributed by atoms with Crippen molar-refractivity contribution in [1.82, 2.24) is 10.2 Å². The molecule has 2 aliphatic rings. The van der Waals surface area contributed by atoms with Crippen molar-refractivity contribution in [1.29, 1.82) is 0 Å². The van der Waals surface area contributed by atoms with Crippen molar-refractivity contribution < 1.29 is 33.4 Å². The van der Waals surface area contributed by atoms with Crippen molar-refractivity contribution in [3.05, 3.63) is 34.7 Å². The van der Waals surface area contributed by atoms with Crippen LogP contribution in [0.3, 0.4) is 0 Å². The fourth-order valence-electron chi connectivity index (χ4n) is 3.03. The number of esters is 1. The molecule has 10 heteroatoms. The number of rotatable bonds is 9. The standard InChI is InChI=1S/C21H24N2O7S/c1-2-28-19(25)13-30-15-7-5-14(6-8-15)10-17-20(26)23(21(27)31-17)12-18(24)22-11-16-4-3-9-29-16/h5-8,10,16H,2-4,9,11-13H2,1H3,(H,22,24)/b17-10-/t16-/m0/s1. The van der Waals surface area contributed by atoms with E-state index >= 15 is 0 Å². The first kappa shape index (κ1) is 22.8. The van der Waals surface area contributed by atoms with Crippen molar-refractivity contribution in [2.45, 2.75) is 25.9 Å². The van der Waals surface area contributed by atoms with E-state index in [-0.39, 0.29) is 30.8 Å². The lowest BCUT2D eigenvalue weighted by molar-refractivity contribution is -0.145. The van der Waals surface area contributed by atoms with Crippen LogP contribution in [0.1, 0.15) is 25.3 Å². The third-order valence-corrected chi connectivity index (χ3v) is 5.47. The number of hydrogen-bond donors (Lipinski definition) is 1. The smallest absolute Gasteiger partial charge is 0.344 e. The van der Waals surface area contributed by atoms with Crippen molar-refractivity contribution in [2.24, 2.45) is 0 Å². The molecule has 2 heterocycles. The molecule has 0 aliphatic carbocycles. The Morgan fingerprint density at radius 1 is 1.29 bits per heavy atom. The zero-order valence-corrected chi connectivity index (χ0v) is 17.9. The number of benzene rings is 1. The molecule has 0 aromatic heterocycles. The molecule has 0 saturated carbocycles. The number of nitrogens with zero attached hydrogens (tertiary/aromatic N) is 1. The minimum Gasteiger partial charge on any atom is -0.482 e. The van der Waals surface area contributed by atoms with E-state index in [1.807, 2.05) is 0 Å². The Balaban J connectivity index is 1.53. The first-order chi connectivity index (χ1) is 15.0. The molecular weight excluding hydrogens is 424 g/mol. The Labute approximate surface area is 184 Å². The molecule has 1 aromatic carbocycles. The number of imide groups is 1. The van der Waals surface area contributed by atoms with Gasteiger partial charge in [0.05, 0.1) is 17.6 Å². The van der Waals surface area contributed by atoms with Crippen LogP contribution in [0.5, 0.6) is 5.75 Å². The Bertz CT molecular complexity index is 863. The van der Waals surface area contributed by atoms with E-state index in [0.717, 1.165) is 29.5 Å². The van der Waals surface area contributed by atoms with Crippen LogP contribution >= 0.6 is 11.8 Å². The van der Waals surface area contributed by atoms with Gasteiger partial charge < -0.3 is 19.5 Å². The van der Waals surface area contributed by atoms with Gasteiger partial charge in [-0.15, -0.1) is 0 Å². The van der Waals surface area contributed by atoms with Gasteiger partial charge in [0.25, 0.3) is 11.1 Å². The predicted octanol–water partition coefficient (Wildman–Crippen LogP) is 1.96. The summed E-state index contributed by atoms with van der Waals surface area (Å²) in [4.78, 5) is 49.4. The minimum absolute atomic E-state index is 0.0111. The fraction of sp³-hybridized carbons (Fsp3) is 0.429. The van der Waals surface area contributed by atoms with Crippen molar-refractivity contribution in [3.8, 4) is 5.75 Å². The number of nitrogens with one attached hydrogen (secondary N) is 1. The lowest BCUT2D eigenvalue weighted by Gasteiger charge is -2.14. The number of carbonyl (C=O) groups is 4. The molecule has 2 aliphatic heterocycles. The summed E-state index contributed by atoms with van der Waals surface area (Å²) in [6, 6.07) is 6.69. The highest BCUT2D eigenvalue weighted by atomic mass is 32.2. The summed E-state index contributed by atoms with van der Waals surface area (Å²) in [5, 5.41) is 2.22. The Morgan fingerprint density at radius 3 is 2.74 bits per heavy atom. The van der Waals surface area contributed by atoms with E-state index in [1.165, 1.54) is 0 Å². The van der Waals surface area contributed by atoms with Gasteiger partial charge in [-0.05, 0) is 55.3 Å². The van der Waals surface area contributed by atoms with Crippen molar-refractivity contribution in [2.75, 3.05) is 32.9 Å². The normalized spacial score (nSPS) is 19.7. The lowest BCUT2D eigenvalue weighted by Crippen LogP contribution is -2.41. The maximum atomic E-state index is 12.6. The first-order valence-corrected chi connectivity index (χ1v) is 10.8. The summed E-state index contributed by atoms with van der Waals surface area (Å²) in [6.45, 7) is 2.54. The average Bonchev–Trinajstić information content (AvgIpc) is 3.36. The zero-order chi connectivity index (χ0) is 22.2. The van der Waals surface area contributed by atoms with Gasteiger partial charge in [0.1, 0.15) is 12.3 Å². The van der Waals surface area contributed by atoms with Crippen LogP contribution in [0.25, 0.3) is 6.08 Å². The molecule has 166 valence electrons. The van der Waals surface area contributed by atoms with E-state index in [0.29, 0.717) is 24.5 Å². The third-order valence-electron chi connectivity index (χ3n) is 4.57. The van der Waals surface area contributed by atoms with Crippen LogP contribution in [0.4, 0.5) is 4.79 Å². The highest BCUT2D eigenvalue weighted by Gasteiger charge is 2.36. The van der Waals surface area contributed by atoms with E-state index < -0.39 is 23.0 Å². The minimum atomic E-state index is -0.509. The lowest BCUT2D eigenvalue weighted by atomic mass is 10.2. The highest BCUT2D eigenvalue weighted by molar-refractivity contribution is 8.18. The van der Waals surface area contributed by atoms with Gasteiger partial charge in [0, 0.05) is 13.2 Å². The molecule has 3 rings (SSSR count). The Kier molecular flexibility index (Phi) is 8.07. The van der Waals surface area contributed by atoms with Crippen LogP contribution in [0.15, 0.2) is 29.2 Å². The molecule has 0 bridgehead atoms. The number of carbonyl (C=O) groups excluding carboxylic acids is 4. The molecule has 1 N–H and O–H groups in total. The topological polar surface area (TPSA) is 111 Å². The van der Waals surface area contributed by atoms with E-state index in [4.69, 9.17) is 14.2 Å². The molecule has 31 heavy (non-hydrogen) atoms. The average molecular weight is 448 g/mol. The monoisotopic (exact) mass is 448 g/mol. The second-order valence-electron chi connectivity index (χ2n) is 6.87. The third kappa shape index (κ3) is 6.56. The number of thioether (sulfide) groups is 1. The SMILES string of the molecule is CCOC(=O)COc1ccc(/C=C2\SC(=O)N(CC(=O)NC[C@@H]3CCCO3)C2=O)cc1. The molecule has 1 aromatic rings. The fourth-order valence-corrected chi connectivity index (χ4v) is 3.86. The maximum absolute atomic E-state index is 12.6. The largest absolute Gasteiger partial charge is 0.482 e. The molecule has 3 amide bonds. The summed E-state index contributed by atoms with van der Waals surface area (Å²) in [5.41, 5.74) is 0.678. The van der Waals surface area contributed by atoms with Crippen LogP contribution in [-0.2, 0) is 23.9 Å². The molecular formula is C21H24N2O7S. The predicted molar refractivity (Wildman–Crippen MR) is 113 cm³/mol. The zero-order valence-electron chi connectivity index (χ0n) is 17.1. The summed E-state index contributed by atoms with van der Waals surface area (Å²) in [7, 11) is 0. The van der Waals surface area contributed by atoms with Crippen LogP contribution in [0, 0.1) is 0 Å². The van der Waals surface area contributed by atoms with Gasteiger partial charge in [0.2, 0.25) is 5.91 Å². The van der Waals surface area contributed by atoms with Gasteiger partial charge in [-0.1, -0.05) is 12.1 Å². The van der Waals surface area contributed by atoms with Gasteiger partial charge in [-0.3, -0.25) is 19.3 Å². The van der Waals surface area contributed by atoms with Gasteiger partial charge >= 0.3 is 5.97 Å². The molecule has 2 fully saturated rings. The summed E-state index contributed by atoms with van der Waals surface area (Å²) >= 11 is 0.787. The molecule has 0 radical (unpaired) electrons. The van der Waals surface area contributed by atoms with Crippen molar-refractivity contribution >= 4 is 40.9 Å². The summed E-state index contributed by atoms with van der Waals surface area (Å²) in [5.74, 6) is -0.895. The first-order valence-electron chi connectivity index (χ1n) is 9.98. The number of hydrogen-bond acceptors (Lipinski definition) is 8. The molecule has 9 nitrogen and oxygen atoms in total. The highest BCUT2D eigenvalue weighted by Crippen LogP contribution is 2.32. The van der Waals surface area contributed by atoms with Gasteiger partial charge in [-0.2, -0.15) is 0 Å². The van der Waals surface area contributed by atoms with Crippen molar-refractivity contribution in [3.63, 3.8) is 0 Å².